The molecule has 0 bridgehead atoms. The maximum atomic E-state index is 11.9. The zero-order valence-corrected chi connectivity index (χ0v) is 12.8. The standard InChI is InChI=1S/C15H26N4O/c1-11(2)8-18-14(20)10-19(4)15(12(3)16)13-6-5-7-17-9-13/h5-7,9,11-12,15H,8,10,16H2,1-4H3,(H,18,20). The van der Waals surface area contributed by atoms with Crippen LogP contribution >= 0.6 is 0 Å². The van der Waals surface area contributed by atoms with Crippen molar-refractivity contribution in [2.24, 2.45) is 11.7 Å². The number of amides is 1. The first kappa shape index (κ1) is 16.6. The van der Waals surface area contributed by atoms with Crippen LogP contribution < -0.4 is 11.1 Å². The summed E-state index contributed by atoms with van der Waals surface area (Å²) in [5.41, 5.74) is 7.10. The minimum Gasteiger partial charge on any atom is -0.355 e. The third-order valence-corrected chi connectivity index (χ3v) is 3.10. The zero-order valence-electron chi connectivity index (χ0n) is 12.8. The molecule has 1 amide bonds. The Morgan fingerprint density at radius 2 is 2.15 bits per heavy atom. The molecule has 0 aliphatic heterocycles. The fourth-order valence-corrected chi connectivity index (χ4v) is 2.21. The van der Waals surface area contributed by atoms with Gasteiger partial charge in [-0.05, 0) is 31.5 Å². The first-order valence-electron chi connectivity index (χ1n) is 7.04. The van der Waals surface area contributed by atoms with Gasteiger partial charge >= 0.3 is 0 Å². The molecule has 1 heterocycles. The summed E-state index contributed by atoms with van der Waals surface area (Å²) in [6.07, 6.45) is 3.54. The van der Waals surface area contributed by atoms with E-state index in [-0.39, 0.29) is 18.0 Å². The second-order valence-corrected chi connectivity index (χ2v) is 5.70. The molecule has 0 saturated carbocycles. The summed E-state index contributed by atoms with van der Waals surface area (Å²) >= 11 is 0. The third-order valence-electron chi connectivity index (χ3n) is 3.10. The number of rotatable bonds is 7. The minimum atomic E-state index is -0.0814. The van der Waals surface area contributed by atoms with Crippen LogP contribution in [-0.2, 0) is 4.79 Å². The van der Waals surface area contributed by atoms with Crippen LogP contribution in [0.4, 0.5) is 0 Å². The molecule has 112 valence electrons. The predicted molar refractivity (Wildman–Crippen MR) is 81.1 cm³/mol. The summed E-state index contributed by atoms with van der Waals surface area (Å²) in [6.45, 7) is 7.12. The molecule has 20 heavy (non-hydrogen) atoms. The lowest BCUT2D eigenvalue weighted by atomic mass is 10.0. The van der Waals surface area contributed by atoms with E-state index in [9.17, 15) is 4.79 Å². The molecule has 1 aromatic heterocycles. The van der Waals surface area contributed by atoms with Gasteiger partial charge in [0.25, 0.3) is 0 Å². The second kappa shape index (κ2) is 7.97. The maximum Gasteiger partial charge on any atom is 0.234 e. The smallest absolute Gasteiger partial charge is 0.234 e. The fourth-order valence-electron chi connectivity index (χ4n) is 2.21. The topological polar surface area (TPSA) is 71.2 Å². The number of pyridine rings is 1. The van der Waals surface area contributed by atoms with Crippen LogP contribution in [0.3, 0.4) is 0 Å². The molecule has 5 heteroatoms. The number of nitrogens with zero attached hydrogens (tertiary/aromatic N) is 2. The molecule has 0 aromatic carbocycles. The molecule has 0 radical (unpaired) electrons. The Balaban J connectivity index is 2.66. The average molecular weight is 278 g/mol. The van der Waals surface area contributed by atoms with Gasteiger partial charge in [-0.25, -0.2) is 0 Å². The molecule has 0 aliphatic rings. The molecule has 0 fully saturated rings. The molecule has 2 atom stereocenters. The highest BCUT2D eigenvalue weighted by atomic mass is 16.2. The summed E-state index contributed by atoms with van der Waals surface area (Å²) in [6, 6.07) is 3.77. The highest BCUT2D eigenvalue weighted by Crippen LogP contribution is 2.20. The van der Waals surface area contributed by atoms with Crippen molar-refractivity contribution in [2.75, 3.05) is 20.1 Å². The van der Waals surface area contributed by atoms with Crippen molar-refractivity contribution < 1.29 is 4.79 Å². The number of nitrogens with one attached hydrogen (secondary N) is 1. The van der Waals surface area contributed by atoms with Crippen LogP contribution in [0.1, 0.15) is 32.4 Å². The van der Waals surface area contributed by atoms with Gasteiger partial charge < -0.3 is 11.1 Å². The van der Waals surface area contributed by atoms with Gasteiger partial charge in [0.2, 0.25) is 5.91 Å². The van der Waals surface area contributed by atoms with Crippen LogP contribution in [0.25, 0.3) is 0 Å². The van der Waals surface area contributed by atoms with Crippen LogP contribution in [0.2, 0.25) is 0 Å². The van der Waals surface area contributed by atoms with Crippen LogP contribution in [0, 0.1) is 5.92 Å². The Labute approximate surface area is 121 Å². The molecule has 0 aliphatic carbocycles. The lowest BCUT2D eigenvalue weighted by molar-refractivity contribution is -0.122. The van der Waals surface area contributed by atoms with E-state index in [4.69, 9.17) is 5.73 Å². The van der Waals surface area contributed by atoms with Gasteiger partial charge in [-0.3, -0.25) is 14.7 Å². The number of hydrogen-bond acceptors (Lipinski definition) is 4. The zero-order chi connectivity index (χ0) is 15.1. The van der Waals surface area contributed by atoms with Crippen molar-refractivity contribution in [1.29, 1.82) is 0 Å². The Morgan fingerprint density at radius 1 is 1.45 bits per heavy atom. The summed E-state index contributed by atoms with van der Waals surface area (Å²) in [5.74, 6) is 0.475. The average Bonchev–Trinajstić information content (AvgIpc) is 2.37. The van der Waals surface area contributed by atoms with Gasteiger partial charge in [0.05, 0.1) is 12.6 Å². The van der Waals surface area contributed by atoms with Crippen molar-refractivity contribution in [3.05, 3.63) is 30.1 Å². The SMILES string of the molecule is CC(C)CNC(=O)CN(C)C(c1cccnc1)C(C)N. The molecular weight excluding hydrogens is 252 g/mol. The molecule has 1 rings (SSSR count). The largest absolute Gasteiger partial charge is 0.355 e. The predicted octanol–water partition coefficient (Wildman–Crippen LogP) is 1.17. The lowest BCUT2D eigenvalue weighted by Crippen LogP contribution is -2.43. The fraction of sp³-hybridized carbons (Fsp3) is 0.600. The highest BCUT2D eigenvalue weighted by molar-refractivity contribution is 5.78. The van der Waals surface area contributed by atoms with Crippen LogP contribution in [0.5, 0.6) is 0 Å². The number of hydrogen-bond donors (Lipinski definition) is 2. The Kier molecular flexibility index (Phi) is 6.61. The third kappa shape index (κ3) is 5.27. The van der Waals surface area contributed by atoms with Gasteiger partial charge in [-0.15, -0.1) is 0 Å². The van der Waals surface area contributed by atoms with Gasteiger partial charge in [-0.1, -0.05) is 19.9 Å². The molecule has 0 spiro atoms. The summed E-state index contributed by atoms with van der Waals surface area (Å²) in [7, 11) is 1.91. The van der Waals surface area contributed by atoms with Gasteiger partial charge in [0, 0.05) is 25.0 Å². The first-order chi connectivity index (χ1) is 9.41. The van der Waals surface area contributed by atoms with Crippen molar-refractivity contribution >= 4 is 5.91 Å². The van der Waals surface area contributed by atoms with Crippen molar-refractivity contribution in [1.82, 2.24) is 15.2 Å². The first-order valence-corrected chi connectivity index (χ1v) is 7.04. The number of aromatic nitrogens is 1. The molecule has 5 nitrogen and oxygen atoms in total. The van der Waals surface area contributed by atoms with Crippen LogP contribution in [-0.4, -0.2) is 42.0 Å². The summed E-state index contributed by atoms with van der Waals surface area (Å²) in [5, 5.41) is 2.92. The lowest BCUT2D eigenvalue weighted by Gasteiger charge is -2.30. The summed E-state index contributed by atoms with van der Waals surface area (Å²) in [4.78, 5) is 18.0. The molecule has 0 saturated heterocycles. The van der Waals surface area contributed by atoms with E-state index in [0.717, 1.165) is 5.56 Å². The van der Waals surface area contributed by atoms with E-state index in [1.54, 1.807) is 12.4 Å². The highest BCUT2D eigenvalue weighted by Gasteiger charge is 2.23. The van der Waals surface area contributed by atoms with E-state index in [1.165, 1.54) is 0 Å². The van der Waals surface area contributed by atoms with E-state index in [2.05, 4.69) is 24.1 Å². The van der Waals surface area contributed by atoms with Gasteiger partial charge in [0.15, 0.2) is 0 Å². The maximum absolute atomic E-state index is 11.9. The number of carbonyl (C=O) groups is 1. The molecule has 2 unspecified atom stereocenters. The van der Waals surface area contributed by atoms with Crippen molar-refractivity contribution in [3.63, 3.8) is 0 Å². The van der Waals surface area contributed by atoms with Gasteiger partial charge in [-0.2, -0.15) is 0 Å². The number of carbonyl (C=O) groups excluding carboxylic acids is 1. The van der Waals surface area contributed by atoms with E-state index < -0.39 is 0 Å². The van der Waals surface area contributed by atoms with E-state index in [1.807, 2.05) is 31.0 Å². The monoisotopic (exact) mass is 278 g/mol. The van der Waals surface area contributed by atoms with Crippen molar-refractivity contribution in [3.8, 4) is 0 Å². The van der Waals surface area contributed by atoms with E-state index >= 15 is 0 Å². The molecular formula is C15H26N4O. The minimum absolute atomic E-state index is 0.0199. The van der Waals surface area contributed by atoms with Crippen molar-refractivity contribution in [2.45, 2.75) is 32.9 Å². The summed E-state index contributed by atoms with van der Waals surface area (Å²) < 4.78 is 0. The van der Waals surface area contributed by atoms with Crippen LogP contribution in [0.15, 0.2) is 24.5 Å². The quantitative estimate of drug-likeness (QED) is 0.785. The Hall–Kier alpha value is -1.46. The number of nitrogens with two attached hydrogens (primary N) is 1. The Morgan fingerprint density at radius 3 is 2.65 bits per heavy atom. The Bertz CT molecular complexity index is 406. The molecule has 3 N–H and O–H groups in total. The normalized spacial score (nSPS) is 14.3. The van der Waals surface area contributed by atoms with E-state index in [0.29, 0.717) is 19.0 Å². The number of likely N-dealkylation sites (N-methyl/N-ethyl adjacent to an activating group) is 1. The molecule has 1 aromatic rings. The van der Waals surface area contributed by atoms with Gasteiger partial charge in [0.1, 0.15) is 0 Å². The second-order valence-electron chi connectivity index (χ2n) is 5.70.